The van der Waals surface area contributed by atoms with Gasteiger partial charge in [0.25, 0.3) is 30.4 Å². The molecule has 0 saturated carbocycles. The van der Waals surface area contributed by atoms with Gasteiger partial charge in [-0.05, 0) is 98.4 Å². The quantitative estimate of drug-likeness (QED) is 0.0978. The molecule has 0 saturated heterocycles. The fraction of sp³-hybridized carbons (Fsp3) is 0.417. The van der Waals surface area contributed by atoms with Gasteiger partial charge in [0.05, 0.1) is 21.0 Å². The van der Waals surface area contributed by atoms with Crippen molar-refractivity contribution in [3.63, 3.8) is 0 Å². The molecule has 0 unspecified atom stereocenters. The van der Waals surface area contributed by atoms with Crippen LogP contribution in [0.15, 0.2) is 91.8 Å². The maximum atomic E-state index is 12.0. The van der Waals surface area contributed by atoms with Crippen LogP contribution < -0.4 is 4.90 Å². The van der Waals surface area contributed by atoms with Crippen LogP contribution in [0.5, 0.6) is 0 Å². The van der Waals surface area contributed by atoms with E-state index in [1.54, 1.807) is 18.2 Å². The van der Waals surface area contributed by atoms with E-state index in [9.17, 15) is 38.9 Å². The van der Waals surface area contributed by atoms with Gasteiger partial charge in [0, 0.05) is 52.0 Å². The van der Waals surface area contributed by atoms with Crippen LogP contribution in [0, 0.1) is 0 Å². The van der Waals surface area contributed by atoms with Crippen LogP contribution >= 0.6 is 28.6 Å². The molecular weight excluding hydrogens is 813 g/mol. The van der Waals surface area contributed by atoms with E-state index in [0.29, 0.717) is 23.5 Å². The Morgan fingerprint density at radius 2 is 1.48 bits per heavy atom. The molecule has 0 bridgehead atoms. The molecule has 11 nitrogen and oxygen atoms in total. The number of fused-ring (bicyclic) bond motifs is 2. The topological polar surface area (TPSA) is 169 Å². The summed E-state index contributed by atoms with van der Waals surface area (Å²) in [6, 6.07) is 9.06. The van der Waals surface area contributed by atoms with Crippen LogP contribution in [0.3, 0.4) is 0 Å². The van der Waals surface area contributed by atoms with Crippen molar-refractivity contribution in [2.75, 3.05) is 29.5 Å². The van der Waals surface area contributed by atoms with E-state index in [4.69, 9.17) is 0 Å². The van der Waals surface area contributed by atoms with E-state index in [-0.39, 0.29) is 22.8 Å². The molecule has 2 heterocycles. The van der Waals surface area contributed by atoms with Gasteiger partial charge in [0.15, 0.2) is 5.71 Å². The number of hydrogen-bond donors (Lipinski definition) is 4. The molecule has 0 atom stereocenters. The zero-order valence-electron chi connectivity index (χ0n) is 29.4. The summed E-state index contributed by atoms with van der Waals surface area (Å²) in [6.07, 6.45) is 11.5. The third kappa shape index (κ3) is 8.38. The van der Waals surface area contributed by atoms with Crippen LogP contribution in [-0.4, -0.2) is 73.8 Å². The molecule has 0 spiro atoms. The summed E-state index contributed by atoms with van der Waals surface area (Å²) in [4.78, 5) is 1.79. The van der Waals surface area contributed by atoms with Crippen molar-refractivity contribution in [3.8, 4) is 0 Å². The van der Waals surface area contributed by atoms with Crippen molar-refractivity contribution < 1.29 is 43.5 Å². The molecule has 5 rings (SSSR count). The number of allylic oxidation sites excluding steroid dienone is 8. The van der Waals surface area contributed by atoms with E-state index >= 15 is 0 Å². The Morgan fingerprint density at radius 3 is 2.10 bits per heavy atom. The average Bonchev–Trinajstić information content (AvgIpc) is 3.38. The summed E-state index contributed by atoms with van der Waals surface area (Å²) >= 11 is 8.27. The second kappa shape index (κ2) is 14.9. The summed E-state index contributed by atoms with van der Waals surface area (Å²) in [5, 5.41) is 0. The predicted molar refractivity (Wildman–Crippen MR) is 210 cm³/mol. The number of thiol groups is 1. The molecule has 0 radical (unpaired) electrons. The molecule has 0 aromatic heterocycles. The third-order valence-corrected chi connectivity index (χ3v) is 13.8. The SMILES string of the molecule is CC1(C)C(/C=C/C2=C(Br)C(=C/C=C3/N(CCCS)c4ccc(S(=O)(=O)O)cc4C3(C)C)/CCC2)=[N+](CCCS(=O)(=O)O)c2ccc(S(=O)(=O)O)cc21. The summed E-state index contributed by atoms with van der Waals surface area (Å²) in [7, 11) is -13.0. The minimum absolute atomic E-state index is 0.127. The lowest BCUT2D eigenvalue weighted by molar-refractivity contribution is -0.437. The highest BCUT2D eigenvalue weighted by Gasteiger charge is 2.45. The van der Waals surface area contributed by atoms with Gasteiger partial charge in [-0.15, -0.1) is 0 Å². The molecule has 0 amide bonds. The van der Waals surface area contributed by atoms with Crippen molar-refractivity contribution in [1.29, 1.82) is 0 Å². The third-order valence-electron chi connectivity index (χ3n) is 9.99. The minimum Gasteiger partial charge on any atom is -0.344 e. The number of anilines is 1. The molecule has 16 heteroatoms. The fourth-order valence-corrected chi connectivity index (χ4v) is 9.62. The van der Waals surface area contributed by atoms with Crippen LogP contribution in [0.4, 0.5) is 11.4 Å². The number of halogens is 1. The summed E-state index contributed by atoms with van der Waals surface area (Å²) in [5.74, 6) is 0.240. The Morgan fingerprint density at radius 1 is 0.846 bits per heavy atom. The highest BCUT2D eigenvalue weighted by atomic mass is 79.9. The molecule has 52 heavy (non-hydrogen) atoms. The molecule has 2 aromatic rings. The largest absolute Gasteiger partial charge is 0.344 e. The molecule has 3 aliphatic rings. The summed E-state index contributed by atoms with van der Waals surface area (Å²) in [5.41, 5.74) is 5.62. The van der Waals surface area contributed by atoms with E-state index in [0.717, 1.165) is 64.0 Å². The zero-order valence-corrected chi connectivity index (χ0v) is 34.3. The van der Waals surface area contributed by atoms with Crippen molar-refractivity contribution >= 4 is 76.0 Å². The zero-order chi connectivity index (χ0) is 38.4. The minimum atomic E-state index is -4.46. The lowest BCUT2D eigenvalue weighted by Crippen LogP contribution is -2.28. The molecule has 1 aliphatic carbocycles. The molecule has 282 valence electrons. The van der Waals surface area contributed by atoms with E-state index in [1.165, 1.54) is 18.2 Å². The number of hydrogen-bond acceptors (Lipinski definition) is 8. The Labute approximate surface area is 320 Å². The summed E-state index contributed by atoms with van der Waals surface area (Å²) < 4.78 is 103. The van der Waals surface area contributed by atoms with Crippen LogP contribution in [-0.2, 0) is 41.2 Å². The number of benzene rings is 2. The van der Waals surface area contributed by atoms with Crippen LogP contribution in [0.25, 0.3) is 0 Å². The van der Waals surface area contributed by atoms with Gasteiger partial charge < -0.3 is 4.90 Å². The molecule has 0 fully saturated rings. The van der Waals surface area contributed by atoms with Gasteiger partial charge in [-0.2, -0.15) is 42.5 Å². The van der Waals surface area contributed by atoms with Crippen molar-refractivity contribution in [3.05, 3.63) is 93.2 Å². The highest BCUT2D eigenvalue weighted by Crippen LogP contribution is 2.49. The van der Waals surface area contributed by atoms with E-state index < -0.39 is 46.9 Å². The smallest absolute Gasteiger partial charge is 0.294 e. The molecule has 2 aliphatic heterocycles. The lowest BCUT2D eigenvalue weighted by Gasteiger charge is -2.27. The monoisotopic (exact) mass is 855 g/mol. The number of rotatable bonds is 12. The first kappa shape index (κ1) is 40.6. The Bertz CT molecular complexity index is 2290. The number of nitrogens with zero attached hydrogens (tertiary/aromatic N) is 2. The van der Waals surface area contributed by atoms with Crippen molar-refractivity contribution in [2.45, 2.75) is 80.4 Å². The van der Waals surface area contributed by atoms with E-state index in [2.05, 4.69) is 45.6 Å². The van der Waals surface area contributed by atoms with E-state index in [1.807, 2.05) is 44.4 Å². The first-order chi connectivity index (χ1) is 24.1. The fourth-order valence-electron chi connectivity index (χ4n) is 7.31. The van der Waals surface area contributed by atoms with Crippen LogP contribution in [0.2, 0.25) is 0 Å². The second-order valence-corrected chi connectivity index (χ2v) is 19.9. The van der Waals surface area contributed by atoms with Gasteiger partial charge >= 0.3 is 0 Å². The predicted octanol–water partition coefficient (Wildman–Crippen LogP) is 7.15. The highest BCUT2D eigenvalue weighted by molar-refractivity contribution is 9.12. The standard InChI is InChI=1S/C36H43BrN2O9S4/c1-35(2)28-22-26(51(43,44)45)12-14-30(28)38(18-6-20-49)32(35)16-10-24-8-5-9-25(34(24)37)11-17-33-36(3,4)29-23-27(52(46,47)48)13-15-31(29)39(33)19-7-21-50(40,41)42/h10-17,22-23H,5-9,18-21H2,1-4H3,(H3-,40,41,42,43,44,45,46,47,48,49)/p+1. The second-order valence-electron chi connectivity index (χ2n) is 14.2. The van der Waals surface area contributed by atoms with Gasteiger partial charge in [0.1, 0.15) is 6.54 Å². The molecule has 2 aromatic carbocycles. The normalized spacial score (nSPS) is 20.4. The van der Waals surface area contributed by atoms with Gasteiger partial charge in [-0.1, -0.05) is 41.9 Å². The lowest BCUT2D eigenvalue weighted by atomic mass is 9.81. The maximum Gasteiger partial charge on any atom is 0.294 e. The molecular formula is C36H44BrN2O9S4+. The van der Waals surface area contributed by atoms with Gasteiger partial charge in [-0.3, -0.25) is 13.7 Å². The van der Waals surface area contributed by atoms with Gasteiger partial charge in [0.2, 0.25) is 5.69 Å². The first-order valence-corrected chi connectivity index (χ1v) is 22.7. The summed E-state index contributed by atoms with van der Waals surface area (Å²) in [6.45, 7) is 8.85. The average molecular weight is 857 g/mol. The Hall–Kier alpha value is -2.57. The van der Waals surface area contributed by atoms with Gasteiger partial charge in [-0.25, -0.2) is 0 Å². The van der Waals surface area contributed by atoms with Crippen LogP contribution in [0.1, 0.15) is 70.9 Å². The maximum absolute atomic E-state index is 12.0. The Kier molecular flexibility index (Phi) is 11.7. The van der Waals surface area contributed by atoms with Crippen molar-refractivity contribution in [1.82, 2.24) is 0 Å². The van der Waals surface area contributed by atoms with Crippen molar-refractivity contribution in [2.24, 2.45) is 0 Å². The molecule has 3 N–H and O–H groups in total. The first-order valence-electron chi connectivity index (χ1n) is 16.8. The Balaban J connectivity index is 1.53.